The van der Waals surface area contributed by atoms with Crippen molar-refractivity contribution in [3.8, 4) is 0 Å². The molecule has 6 heteroatoms. The Bertz CT molecular complexity index is 688. The van der Waals surface area contributed by atoms with Crippen LogP contribution in [0.4, 0.5) is 0 Å². The first-order chi connectivity index (χ1) is 11.7. The van der Waals surface area contributed by atoms with E-state index < -0.39 is 0 Å². The van der Waals surface area contributed by atoms with Gasteiger partial charge in [0.1, 0.15) is 0 Å². The molecule has 0 aromatic heterocycles. The van der Waals surface area contributed by atoms with Gasteiger partial charge >= 0.3 is 7.12 Å². The summed E-state index contributed by atoms with van der Waals surface area (Å²) in [5, 5.41) is 0. The molecule has 25 heavy (non-hydrogen) atoms. The molecule has 4 rings (SSSR count). The standard InChI is InChI=1S/C19H24BNO4/c1-18(2)19(3,4)25-20(24-18)13-9-12(10-13)11-21-16(22)14-7-5-6-8-15(14)17(21)23/h5-8,12-13H,9-11H2,1-4H3. The fourth-order valence-corrected chi connectivity index (χ4v) is 3.90. The summed E-state index contributed by atoms with van der Waals surface area (Å²) in [5.74, 6) is 0.326. The summed E-state index contributed by atoms with van der Waals surface area (Å²) < 4.78 is 12.2. The third-order valence-corrected chi connectivity index (χ3v) is 6.25. The number of fused-ring (bicyclic) bond motifs is 1. The lowest BCUT2D eigenvalue weighted by Gasteiger charge is -2.38. The summed E-state index contributed by atoms with van der Waals surface area (Å²) in [7, 11) is -0.191. The first kappa shape index (κ1) is 16.8. The molecule has 0 bridgehead atoms. The Morgan fingerprint density at radius 1 is 1.00 bits per heavy atom. The van der Waals surface area contributed by atoms with Crippen LogP contribution in [0.3, 0.4) is 0 Å². The molecule has 0 radical (unpaired) electrons. The van der Waals surface area contributed by atoms with Gasteiger partial charge in [0.15, 0.2) is 0 Å². The Balaban J connectivity index is 1.36. The third kappa shape index (κ3) is 2.54. The monoisotopic (exact) mass is 341 g/mol. The molecule has 1 aromatic carbocycles. The highest BCUT2D eigenvalue weighted by atomic mass is 16.7. The number of hydrogen-bond acceptors (Lipinski definition) is 4. The average molecular weight is 341 g/mol. The molecule has 1 aromatic rings. The van der Waals surface area contributed by atoms with Crippen LogP contribution in [0.15, 0.2) is 24.3 Å². The predicted molar refractivity (Wildman–Crippen MR) is 94.4 cm³/mol. The van der Waals surface area contributed by atoms with Crippen LogP contribution in [0, 0.1) is 5.92 Å². The van der Waals surface area contributed by atoms with E-state index in [1.807, 2.05) is 0 Å². The van der Waals surface area contributed by atoms with Gasteiger partial charge in [-0.05, 0) is 64.4 Å². The number of carbonyl (C=O) groups is 2. The van der Waals surface area contributed by atoms with Crippen LogP contribution in [0.2, 0.25) is 5.82 Å². The maximum absolute atomic E-state index is 12.4. The van der Waals surface area contributed by atoms with Gasteiger partial charge in [-0.25, -0.2) is 0 Å². The Labute approximate surface area is 148 Å². The largest absolute Gasteiger partial charge is 0.461 e. The lowest BCUT2D eigenvalue weighted by molar-refractivity contribution is 0.00578. The van der Waals surface area contributed by atoms with Gasteiger partial charge in [-0.15, -0.1) is 0 Å². The van der Waals surface area contributed by atoms with Crippen molar-refractivity contribution in [2.24, 2.45) is 5.92 Å². The van der Waals surface area contributed by atoms with E-state index in [-0.39, 0.29) is 30.1 Å². The molecule has 0 spiro atoms. The molecule has 2 heterocycles. The zero-order valence-corrected chi connectivity index (χ0v) is 15.2. The summed E-state index contributed by atoms with van der Waals surface area (Å²) >= 11 is 0. The van der Waals surface area contributed by atoms with E-state index in [1.165, 1.54) is 4.90 Å². The SMILES string of the molecule is CC1(C)OB(C2CC(CN3C(=O)c4ccccc4C3=O)C2)OC1(C)C. The Morgan fingerprint density at radius 2 is 1.48 bits per heavy atom. The van der Waals surface area contributed by atoms with E-state index in [1.54, 1.807) is 24.3 Å². The number of amides is 2. The van der Waals surface area contributed by atoms with Crippen molar-refractivity contribution in [2.45, 2.75) is 57.6 Å². The van der Waals surface area contributed by atoms with E-state index in [9.17, 15) is 9.59 Å². The molecular weight excluding hydrogens is 317 g/mol. The molecular formula is C19H24BNO4. The lowest BCUT2D eigenvalue weighted by Crippen LogP contribution is -2.42. The van der Waals surface area contributed by atoms with Crippen molar-refractivity contribution < 1.29 is 18.9 Å². The van der Waals surface area contributed by atoms with Gasteiger partial charge in [-0.3, -0.25) is 14.5 Å². The summed E-state index contributed by atoms with van der Waals surface area (Å²) in [4.78, 5) is 26.3. The lowest BCUT2D eigenvalue weighted by atomic mass is 9.56. The number of nitrogens with zero attached hydrogens (tertiary/aromatic N) is 1. The normalized spacial score (nSPS) is 29.8. The van der Waals surface area contributed by atoms with Gasteiger partial charge in [-0.2, -0.15) is 0 Å². The summed E-state index contributed by atoms with van der Waals surface area (Å²) in [6.45, 7) is 8.72. The van der Waals surface area contributed by atoms with Crippen molar-refractivity contribution in [2.75, 3.05) is 6.54 Å². The molecule has 2 aliphatic heterocycles. The Morgan fingerprint density at radius 3 is 1.96 bits per heavy atom. The number of benzene rings is 1. The summed E-state index contributed by atoms with van der Waals surface area (Å²) in [6, 6.07) is 7.04. The molecule has 2 fully saturated rings. The van der Waals surface area contributed by atoms with Crippen LogP contribution < -0.4 is 0 Å². The molecule has 5 nitrogen and oxygen atoms in total. The highest BCUT2D eigenvalue weighted by molar-refractivity contribution is 6.47. The van der Waals surface area contributed by atoms with Crippen LogP contribution in [0.5, 0.6) is 0 Å². The smallest absolute Gasteiger partial charge is 0.403 e. The molecule has 1 saturated carbocycles. The molecule has 1 saturated heterocycles. The maximum atomic E-state index is 12.4. The number of carbonyl (C=O) groups excluding carboxylic acids is 2. The minimum absolute atomic E-state index is 0.167. The number of hydrogen-bond donors (Lipinski definition) is 0. The first-order valence-corrected chi connectivity index (χ1v) is 9.00. The average Bonchev–Trinajstić information content (AvgIpc) is 2.86. The fourth-order valence-electron chi connectivity index (χ4n) is 3.90. The topological polar surface area (TPSA) is 55.8 Å². The predicted octanol–water partition coefficient (Wildman–Crippen LogP) is 3.16. The molecule has 0 unspecified atom stereocenters. The highest BCUT2D eigenvalue weighted by Crippen LogP contribution is 2.49. The van der Waals surface area contributed by atoms with Gasteiger partial charge in [-0.1, -0.05) is 12.1 Å². The van der Waals surface area contributed by atoms with Gasteiger partial charge in [0.25, 0.3) is 11.8 Å². The molecule has 3 aliphatic rings. The van der Waals surface area contributed by atoms with Crippen molar-refractivity contribution >= 4 is 18.9 Å². The molecule has 0 atom stereocenters. The Kier molecular flexibility index (Phi) is 3.64. The molecule has 132 valence electrons. The van der Waals surface area contributed by atoms with E-state index in [0.717, 1.165) is 12.8 Å². The third-order valence-electron chi connectivity index (χ3n) is 6.25. The van der Waals surface area contributed by atoms with Crippen molar-refractivity contribution in [3.05, 3.63) is 35.4 Å². The second-order valence-corrected chi connectivity index (χ2v) is 8.49. The van der Waals surface area contributed by atoms with E-state index in [4.69, 9.17) is 9.31 Å². The van der Waals surface area contributed by atoms with Crippen molar-refractivity contribution in [1.29, 1.82) is 0 Å². The van der Waals surface area contributed by atoms with Crippen molar-refractivity contribution in [3.63, 3.8) is 0 Å². The van der Waals surface area contributed by atoms with Crippen LogP contribution in [0.1, 0.15) is 61.3 Å². The quantitative estimate of drug-likeness (QED) is 0.626. The molecule has 0 N–H and O–H groups in total. The van der Waals surface area contributed by atoms with Gasteiger partial charge in [0.2, 0.25) is 0 Å². The van der Waals surface area contributed by atoms with E-state index >= 15 is 0 Å². The van der Waals surface area contributed by atoms with Crippen LogP contribution >= 0.6 is 0 Å². The summed E-state index contributed by atoms with van der Waals surface area (Å²) in [5.41, 5.74) is 0.417. The first-order valence-electron chi connectivity index (χ1n) is 9.00. The zero-order valence-electron chi connectivity index (χ0n) is 15.2. The second-order valence-electron chi connectivity index (χ2n) is 8.49. The fraction of sp³-hybridized carbons (Fsp3) is 0.579. The molecule has 2 amide bonds. The number of rotatable bonds is 3. The van der Waals surface area contributed by atoms with E-state index in [0.29, 0.717) is 29.4 Å². The van der Waals surface area contributed by atoms with Gasteiger partial charge in [0, 0.05) is 6.54 Å². The second kappa shape index (κ2) is 5.42. The van der Waals surface area contributed by atoms with Gasteiger partial charge < -0.3 is 9.31 Å². The summed E-state index contributed by atoms with van der Waals surface area (Å²) in [6.07, 6.45) is 1.84. The minimum atomic E-state index is -0.314. The number of imide groups is 1. The zero-order chi connectivity index (χ0) is 18.0. The van der Waals surface area contributed by atoms with E-state index in [2.05, 4.69) is 27.7 Å². The molecule has 1 aliphatic carbocycles. The van der Waals surface area contributed by atoms with Crippen LogP contribution in [0.25, 0.3) is 0 Å². The minimum Gasteiger partial charge on any atom is -0.403 e. The highest BCUT2D eigenvalue weighted by Gasteiger charge is 2.56. The van der Waals surface area contributed by atoms with Crippen LogP contribution in [-0.4, -0.2) is 41.6 Å². The Hall–Kier alpha value is -1.66. The van der Waals surface area contributed by atoms with Gasteiger partial charge in [0.05, 0.1) is 22.3 Å². The maximum Gasteiger partial charge on any atom is 0.461 e. The van der Waals surface area contributed by atoms with Crippen molar-refractivity contribution in [1.82, 2.24) is 4.90 Å². The van der Waals surface area contributed by atoms with Crippen LogP contribution in [-0.2, 0) is 9.31 Å².